The number of amidine groups is 1. The van der Waals surface area contributed by atoms with Crippen molar-refractivity contribution in [2.75, 3.05) is 6.54 Å². The highest BCUT2D eigenvalue weighted by atomic mass is 19.1. The van der Waals surface area contributed by atoms with Crippen LogP contribution >= 0.6 is 0 Å². The molecule has 0 aromatic carbocycles. The van der Waals surface area contributed by atoms with E-state index in [2.05, 4.69) is 15.5 Å². The molecule has 6 nitrogen and oxygen atoms in total. The Hall–Kier alpha value is -2.18. The Balaban J connectivity index is 2.53. The molecule has 0 aliphatic carbocycles. The molecule has 1 atom stereocenters. The van der Waals surface area contributed by atoms with E-state index in [1.54, 1.807) is 6.92 Å². The number of oxime groups is 1. The molecule has 0 aliphatic heterocycles. The van der Waals surface area contributed by atoms with Gasteiger partial charge in [-0.05, 0) is 12.1 Å². The molecular formula is C10H13FN4O2. The predicted octanol–water partition coefficient (Wildman–Crippen LogP) is 0.333. The van der Waals surface area contributed by atoms with E-state index < -0.39 is 11.7 Å². The summed E-state index contributed by atoms with van der Waals surface area (Å²) in [6.07, 6.45) is 0.960. The normalized spacial score (nSPS) is 13.2. The maximum atomic E-state index is 12.6. The van der Waals surface area contributed by atoms with Crippen molar-refractivity contribution in [3.63, 3.8) is 0 Å². The van der Waals surface area contributed by atoms with Crippen LogP contribution in [0.1, 0.15) is 17.4 Å². The van der Waals surface area contributed by atoms with Crippen molar-refractivity contribution in [3.8, 4) is 0 Å². The Labute approximate surface area is 97.3 Å². The standard InChI is InChI=1S/C10H13FN4O2/c1-6(9(12)15-17)4-14-10(16)8-3-2-7(11)5-13-8/h2-3,5-6,17H,4H2,1H3,(H2,12,15)(H,14,16). The molecule has 17 heavy (non-hydrogen) atoms. The van der Waals surface area contributed by atoms with Gasteiger partial charge in [0.25, 0.3) is 5.91 Å². The quantitative estimate of drug-likeness (QED) is 0.305. The lowest BCUT2D eigenvalue weighted by Gasteiger charge is -2.10. The Morgan fingerprint density at radius 2 is 2.41 bits per heavy atom. The third kappa shape index (κ3) is 3.71. The SMILES string of the molecule is CC(CNC(=O)c1ccc(F)cn1)/C(N)=N/O. The molecule has 0 saturated heterocycles. The number of carbonyl (C=O) groups is 1. The molecule has 0 fully saturated rings. The molecule has 1 rings (SSSR count). The molecule has 0 bridgehead atoms. The van der Waals surface area contributed by atoms with E-state index >= 15 is 0 Å². The summed E-state index contributed by atoms with van der Waals surface area (Å²) in [5, 5.41) is 13.8. The first-order chi connectivity index (χ1) is 8.04. The van der Waals surface area contributed by atoms with E-state index in [-0.39, 0.29) is 24.0 Å². The average Bonchev–Trinajstić information content (AvgIpc) is 2.35. The van der Waals surface area contributed by atoms with Crippen molar-refractivity contribution in [2.45, 2.75) is 6.92 Å². The number of nitrogens with two attached hydrogens (primary N) is 1. The lowest BCUT2D eigenvalue weighted by molar-refractivity contribution is 0.0946. The molecule has 92 valence electrons. The molecule has 1 heterocycles. The molecule has 1 aromatic rings. The third-order valence-corrected chi connectivity index (χ3v) is 2.15. The van der Waals surface area contributed by atoms with E-state index in [1.165, 1.54) is 6.07 Å². The summed E-state index contributed by atoms with van der Waals surface area (Å²) in [6.45, 7) is 1.89. The van der Waals surface area contributed by atoms with Gasteiger partial charge in [0.2, 0.25) is 0 Å². The lowest BCUT2D eigenvalue weighted by atomic mass is 10.1. The fraction of sp³-hybridized carbons (Fsp3) is 0.300. The van der Waals surface area contributed by atoms with Crippen LogP contribution in [0.3, 0.4) is 0 Å². The minimum Gasteiger partial charge on any atom is -0.409 e. The first-order valence-corrected chi connectivity index (χ1v) is 4.91. The first kappa shape index (κ1) is 12.9. The van der Waals surface area contributed by atoms with E-state index in [4.69, 9.17) is 10.9 Å². The highest BCUT2D eigenvalue weighted by molar-refractivity contribution is 5.92. The van der Waals surface area contributed by atoms with Gasteiger partial charge in [0, 0.05) is 12.5 Å². The van der Waals surface area contributed by atoms with E-state index in [1.807, 2.05) is 0 Å². The van der Waals surface area contributed by atoms with Crippen LogP contribution in [0.5, 0.6) is 0 Å². The van der Waals surface area contributed by atoms with Crippen molar-refractivity contribution in [1.82, 2.24) is 10.3 Å². The number of hydrogen-bond donors (Lipinski definition) is 3. The van der Waals surface area contributed by atoms with Crippen molar-refractivity contribution in [3.05, 3.63) is 29.8 Å². The van der Waals surface area contributed by atoms with Crippen LogP contribution < -0.4 is 11.1 Å². The topological polar surface area (TPSA) is 101 Å². The van der Waals surface area contributed by atoms with Crippen LogP contribution in [0.4, 0.5) is 4.39 Å². The minimum absolute atomic E-state index is 0.0253. The van der Waals surface area contributed by atoms with Crippen molar-refractivity contribution < 1.29 is 14.4 Å². The Bertz CT molecular complexity index is 419. The third-order valence-electron chi connectivity index (χ3n) is 2.15. The molecule has 1 unspecified atom stereocenters. The van der Waals surface area contributed by atoms with Gasteiger partial charge in [-0.2, -0.15) is 0 Å². The summed E-state index contributed by atoms with van der Waals surface area (Å²) in [5.41, 5.74) is 5.45. The summed E-state index contributed by atoms with van der Waals surface area (Å²) in [7, 11) is 0. The molecule has 0 radical (unpaired) electrons. The van der Waals surface area contributed by atoms with E-state index in [0.717, 1.165) is 12.3 Å². The zero-order valence-electron chi connectivity index (χ0n) is 9.22. The largest absolute Gasteiger partial charge is 0.409 e. The van der Waals surface area contributed by atoms with Gasteiger partial charge in [-0.25, -0.2) is 9.37 Å². The second-order valence-electron chi connectivity index (χ2n) is 3.50. The molecule has 4 N–H and O–H groups in total. The fourth-order valence-corrected chi connectivity index (χ4v) is 1.05. The number of hydrogen-bond acceptors (Lipinski definition) is 4. The smallest absolute Gasteiger partial charge is 0.269 e. The average molecular weight is 240 g/mol. The highest BCUT2D eigenvalue weighted by Gasteiger charge is 2.11. The summed E-state index contributed by atoms with van der Waals surface area (Å²) < 4.78 is 12.6. The van der Waals surface area contributed by atoms with Gasteiger partial charge in [-0.1, -0.05) is 12.1 Å². The summed E-state index contributed by atoms with van der Waals surface area (Å²) in [4.78, 5) is 15.2. The molecule has 0 saturated carbocycles. The Morgan fingerprint density at radius 3 is 2.94 bits per heavy atom. The fourth-order valence-electron chi connectivity index (χ4n) is 1.05. The van der Waals surface area contributed by atoms with Gasteiger partial charge < -0.3 is 16.3 Å². The monoisotopic (exact) mass is 240 g/mol. The Kier molecular flexibility index (Phi) is 4.38. The zero-order chi connectivity index (χ0) is 12.8. The molecule has 0 aliphatic rings. The van der Waals surface area contributed by atoms with Crippen LogP contribution in [-0.4, -0.2) is 28.5 Å². The van der Waals surface area contributed by atoms with Gasteiger partial charge in [0.15, 0.2) is 0 Å². The summed E-state index contributed by atoms with van der Waals surface area (Å²) in [5.74, 6) is -1.23. The van der Waals surface area contributed by atoms with Crippen LogP contribution in [0.2, 0.25) is 0 Å². The van der Waals surface area contributed by atoms with Crippen LogP contribution in [0.15, 0.2) is 23.5 Å². The van der Waals surface area contributed by atoms with E-state index in [0.29, 0.717) is 0 Å². The molecule has 1 amide bonds. The summed E-state index contributed by atoms with van der Waals surface area (Å²) in [6, 6.07) is 2.42. The van der Waals surface area contributed by atoms with E-state index in [9.17, 15) is 9.18 Å². The van der Waals surface area contributed by atoms with Crippen molar-refractivity contribution in [1.29, 1.82) is 0 Å². The second-order valence-corrected chi connectivity index (χ2v) is 3.50. The zero-order valence-corrected chi connectivity index (χ0v) is 9.22. The number of aromatic nitrogens is 1. The number of rotatable bonds is 4. The van der Waals surface area contributed by atoms with Gasteiger partial charge in [-0.3, -0.25) is 4.79 Å². The van der Waals surface area contributed by atoms with Crippen LogP contribution in [0.25, 0.3) is 0 Å². The predicted molar refractivity (Wildman–Crippen MR) is 59.1 cm³/mol. The van der Waals surface area contributed by atoms with Crippen LogP contribution in [0, 0.1) is 11.7 Å². The van der Waals surface area contributed by atoms with Gasteiger partial charge in [0.05, 0.1) is 6.20 Å². The first-order valence-electron chi connectivity index (χ1n) is 4.91. The molecule has 0 spiro atoms. The number of pyridine rings is 1. The van der Waals surface area contributed by atoms with Gasteiger partial charge >= 0.3 is 0 Å². The second kappa shape index (κ2) is 5.78. The molecular weight excluding hydrogens is 227 g/mol. The maximum absolute atomic E-state index is 12.6. The van der Waals surface area contributed by atoms with Crippen LogP contribution in [-0.2, 0) is 0 Å². The molecule has 7 heteroatoms. The molecule has 1 aromatic heterocycles. The van der Waals surface area contributed by atoms with Gasteiger partial charge in [0.1, 0.15) is 17.3 Å². The van der Waals surface area contributed by atoms with Crippen molar-refractivity contribution >= 4 is 11.7 Å². The maximum Gasteiger partial charge on any atom is 0.269 e. The number of amides is 1. The number of nitrogens with one attached hydrogen (secondary N) is 1. The number of halogens is 1. The van der Waals surface area contributed by atoms with Gasteiger partial charge in [-0.15, -0.1) is 0 Å². The van der Waals surface area contributed by atoms with Crippen molar-refractivity contribution in [2.24, 2.45) is 16.8 Å². The summed E-state index contributed by atoms with van der Waals surface area (Å²) >= 11 is 0. The lowest BCUT2D eigenvalue weighted by Crippen LogP contribution is -2.35. The number of nitrogens with zero attached hydrogens (tertiary/aromatic N) is 2. The highest BCUT2D eigenvalue weighted by Crippen LogP contribution is 1.99. The minimum atomic E-state index is -0.508. The Morgan fingerprint density at radius 1 is 1.71 bits per heavy atom. The number of carbonyl (C=O) groups excluding carboxylic acids is 1.